The van der Waals surface area contributed by atoms with Gasteiger partial charge in [-0.25, -0.2) is 4.79 Å². The van der Waals surface area contributed by atoms with Crippen molar-refractivity contribution < 1.29 is 85.5 Å². The van der Waals surface area contributed by atoms with Crippen LogP contribution in [0.4, 0.5) is 4.79 Å². The molecule has 0 aromatic rings. The number of unbranched alkanes of at least 4 members (excludes halogenated alkanes) is 1. The predicted octanol–water partition coefficient (Wildman–Crippen LogP) is 2.79. The molecule has 2 aliphatic rings. The summed E-state index contributed by atoms with van der Waals surface area (Å²) in [4.78, 5) is 49.4. The zero-order valence-corrected chi connectivity index (χ0v) is 46.0. The Morgan fingerprint density at radius 1 is 0.493 bits per heavy atom. The van der Waals surface area contributed by atoms with Crippen LogP contribution in [0.3, 0.4) is 0 Å². The molecule has 0 aromatic carbocycles. The van der Waals surface area contributed by atoms with Gasteiger partial charge < -0.3 is 82.3 Å². The van der Waals surface area contributed by atoms with E-state index in [1.807, 2.05) is 53.3 Å². The number of hydrogen-bond acceptors (Lipinski definition) is 20. The van der Waals surface area contributed by atoms with Crippen molar-refractivity contribution in [1.29, 1.82) is 0 Å². The number of rotatable bonds is 50. The molecule has 0 spiro atoms. The van der Waals surface area contributed by atoms with E-state index in [4.69, 9.17) is 66.3 Å². The van der Waals surface area contributed by atoms with E-state index in [0.29, 0.717) is 196 Å². The number of esters is 2. The van der Waals surface area contributed by atoms with Crippen molar-refractivity contribution in [3.63, 3.8) is 0 Å². The summed E-state index contributed by atoms with van der Waals surface area (Å²) < 4.78 is 78.0. The minimum Gasteiger partial charge on any atom is -0.460 e. The number of thioether (sulfide) groups is 1. The summed E-state index contributed by atoms with van der Waals surface area (Å²) in [7, 11) is 0. The van der Waals surface area contributed by atoms with Crippen LogP contribution in [0.15, 0.2) is 0 Å². The van der Waals surface area contributed by atoms with Crippen LogP contribution >= 0.6 is 11.8 Å². The van der Waals surface area contributed by atoms with E-state index in [1.54, 1.807) is 0 Å². The normalized spacial score (nSPS) is 16.7. The van der Waals surface area contributed by atoms with Crippen LogP contribution in [0.25, 0.3) is 0 Å². The van der Waals surface area contributed by atoms with Gasteiger partial charge in [0.1, 0.15) is 11.2 Å². The summed E-state index contributed by atoms with van der Waals surface area (Å²) in [6.45, 7) is 23.9. The first-order chi connectivity index (χ1) is 35.2. The average Bonchev–Trinajstić information content (AvgIpc) is 3.89. The van der Waals surface area contributed by atoms with Crippen molar-refractivity contribution in [1.82, 2.24) is 20.9 Å². The number of amides is 3. The van der Waals surface area contributed by atoms with Crippen molar-refractivity contribution in [2.75, 3.05) is 190 Å². The Morgan fingerprint density at radius 3 is 1.23 bits per heavy atom. The third-order valence-corrected chi connectivity index (χ3v) is 11.9. The Hall–Kier alpha value is -2.49. The molecule has 2 fully saturated rings. The first kappa shape index (κ1) is 66.6. The molecule has 73 heavy (non-hydrogen) atoms. The smallest absolute Gasteiger partial charge is 0.315 e. The van der Waals surface area contributed by atoms with Crippen LogP contribution < -0.4 is 16.0 Å². The third-order valence-electron chi connectivity index (χ3n) is 10.4. The lowest BCUT2D eigenvalue weighted by atomic mass is 10.0. The highest BCUT2D eigenvalue weighted by Crippen LogP contribution is 2.33. The summed E-state index contributed by atoms with van der Waals surface area (Å²) in [6.07, 6.45) is 3.68. The number of nitrogens with one attached hydrogen (secondary N) is 3. The summed E-state index contributed by atoms with van der Waals surface area (Å²) >= 11 is 1.89. The molecule has 3 atom stereocenters. The van der Waals surface area contributed by atoms with E-state index in [9.17, 15) is 19.2 Å². The molecular weight excluding hydrogens is 977 g/mol. The SMILES string of the molecule is CC(C)(C)OC(=O)CCOCCOCCOCCOCCN(CCOCCOCCOCCOCCNC(=O)CCCC[C@H]1SC[C@@H]2NC(=O)N[C@@H]21)CCOCCOCCOCCOCCC(=O)OC(C)(C)C. The van der Waals surface area contributed by atoms with Gasteiger partial charge in [-0.2, -0.15) is 11.8 Å². The van der Waals surface area contributed by atoms with E-state index in [1.165, 1.54) is 0 Å². The van der Waals surface area contributed by atoms with Gasteiger partial charge in [-0.15, -0.1) is 0 Å². The van der Waals surface area contributed by atoms with Crippen molar-refractivity contribution >= 4 is 35.6 Å². The van der Waals surface area contributed by atoms with Crippen LogP contribution in [0.1, 0.15) is 80.1 Å². The van der Waals surface area contributed by atoms with Crippen LogP contribution in [-0.4, -0.2) is 248 Å². The number of urea groups is 1. The Bertz CT molecular complexity index is 1340. The molecule has 23 heteroatoms. The molecule has 0 unspecified atom stereocenters. The summed E-state index contributed by atoms with van der Waals surface area (Å²) in [5.41, 5.74) is -1.00. The molecule has 2 rings (SSSR count). The molecule has 0 aliphatic carbocycles. The maximum atomic E-state index is 12.2. The largest absolute Gasteiger partial charge is 0.460 e. The Balaban J connectivity index is 1.45. The van der Waals surface area contributed by atoms with Crippen molar-refractivity contribution in [3.05, 3.63) is 0 Å². The lowest BCUT2D eigenvalue weighted by Gasteiger charge is -2.22. The van der Waals surface area contributed by atoms with E-state index < -0.39 is 11.2 Å². The van der Waals surface area contributed by atoms with E-state index in [-0.39, 0.29) is 48.8 Å². The van der Waals surface area contributed by atoms with Crippen LogP contribution in [0.2, 0.25) is 0 Å². The second-order valence-corrected chi connectivity index (χ2v) is 20.4. The van der Waals surface area contributed by atoms with Gasteiger partial charge >= 0.3 is 18.0 Å². The molecule has 2 heterocycles. The van der Waals surface area contributed by atoms with Gasteiger partial charge in [-0.1, -0.05) is 6.42 Å². The number of nitrogens with zero attached hydrogens (tertiary/aromatic N) is 1. The third kappa shape index (κ3) is 41.4. The molecule has 22 nitrogen and oxygen atoms in total. The van der Waals surface area contributed by atoms with E-state index >= 15 is 0 Å². The molecule has 428 valence electrons. The Kier molecular flexibility index (Phi) is 39.8. The first-order valence-corrected chi connectivity index (χ1v) is 27.3. The molecule has 3 amide bonds. The molecule has 0 bridgehead atoms. The molecule has 0 aromatic heterocycles. The van der Waals surface area contributed by atoms with Crippen molar-refractivity contribution in [3.8, 4) is 0 Å². The monoisotopic (exact) mass is 1070 g/mol. The number of ether oxygens (including phenoxy) is 14. The minimum atomic E-state index is -0.502. The summed E-state index contributed by atoms with van der Waals surface area (Å²) in [6, 6.07) is 0.365. The van der Waals surface area contributed by atoms with Gasteiger partial charge in [0.2, 0.25) is 5.91 Å². The summed E-state index contributed by atoms with van der Waals surface area (Å²) in [5.74, 6) is 0.413. The zero-order valence-electron chi connectivity index (χ0n) is 45.2. The van der Waals surface area contributed by atoms with Gasteiger partial charge in [0.25, 0.3) is 0 Å². The number of hydrogen-bond donors (Lipinski definition) is 3. The number of carbonyl (C=O) groups excluding carboxylic acids is 4. The van der Waals surface area contributed by atoms with E-state index in [0.717, 1.165) is 25.0 Å². The molecule has 2 aliphatic heterocycles. The maximum absolute atomic E-state index is 12.2. The second-order valence-electron chi connectivity index (χ2n) is 19.1. The Labute approximate surface area is 439 Å². The highest BCUT2D eigenvalue weighted by atomic mass is 32.2. The lowest BCUT2D eigenvalue weighted by Crippen LogP contribution is -2.36. The minimum absolute atomic E-state index is 0.0288. The highest BCUT2D eigenvalue weighted by molar-refractivity contribution is 8.00. The quantitative estimate of drug-likeness (QED) is 0.0451. The molecule has 0 saturated carbocycles. The standard InChI is InChI=1S/C50H94N4O18S/c1-49(2,3)71-45(56)11-17-59-23-29-65-35-38-68-32-26-62-20-14-54(15-21-63-27-33-69-39-36-66-30-24-60-18-12-46(57)72-50(4,5)6)16-22-64-28-34-70-40-37-67-31-25-61-19-13-51-44(55)10-8-7-9-43-47-42(41-73-43)52-48(58)53-47/h42-43,47H,7-41H2,1-6H3,(H,51,55)(H2,52,53,58)/t42-,43+,47-/m0/s1. The fourth-order valence-electron chi connectivity index (χ4n) is 6.92. The lowest BCUT2D eigenvalue weighted by molar-refractivity contribution is -0.157. The van der Waals surface area contributed by atoms with Gasteiger partial charge in [0.15, 0.2) is 0 Å². The van der Waals surface area contributed by atoms with Crippen molar-refractivity contribution in [2.45, 2.75) is 109 Å². The second kappa shape index (κ2) is 43.6. The predicted molar refractivity (Wildman–Crippen MR) is 274 cm³/mol. The van der Waals surface area contributed by atoms with Crippen LogP contribution in [0, 0.1) is 0 Å². The van der Waals surface area contributed by atoms with Crippen LogP contribution in [-0.2, 0) is 80.7 Å². The molecule has 0 radical (unpaired) electrons. The zero-order chi connectivity index (χ0) is 53.1. The topological polar surface area (TPSA) is 237 Å². The van der Waals surface area contributed by atoms with Gasteiger partial charge in [-0.05, 0) is 54.4 Å². The highest BCUT2D eigenvalue weighted by Gasteiger charge is 2.42. The summed E-state index contributed by atoms with van der Waals surface area (Å²) in [5, 5.41) is 9.29. The molecule has 2 saturated heterocycles. The fourth-order valence-corrected chi connectivity index (χ4v) is 8.47. The van der Waals surface area contributed by atoms with Crippen molar-refractivity contribution in [2.24, 2.45) is 0 Å². The Morgan fingerprint density at radius 2 is 0.849 bits per heavy atom. The van der Waals surface area contributed by atoms with Gasteiger partial charge in [-0.3, -0.25) is 19.3 Å². The molecule has 3 N–H and O–H groups in total. The van der Waals surface area contributed by atoms with E-state index in [2.05, 4.69) is 20.9 Å². The number of fused-ring (bicyclic) bond motifs is 1. The van der Waals surface area contributed by atoms with Gasteiger partial charge in [0.05, 0.1) is 183 Å². The maximum Gasteiger partial charge on any atom is 0.315 e. The average molecular weight is 1070 g/mol. The molecular formula is C50H94N4O18S. The van der Waals surface area contributed by atoms with Crippen LogP contribution in [0.5, 0.6) is 0 Å². The van der Waals surface area contributed by atoms with Gasteiger partial charge in [0, 0.05) is 43.6 Å². The first-order valence-electron chi connectivity index (χ1n) is 26.3. The number of carbonyl (C=O) groups is 4. The fraction of sp³-hybridized carbons (Fsp3) is 0.920.